The van der Waals surface area contributed by atoms with Crippen molar-refractivity contribution in [1.29, 1.82) is 0 Å². The third-order valence-corrected chi connectivity index (χ3v) is 3.92. The van der Waals surface area contributed by atoms with Gasteiger partial charge >= 0.3 is 6.03 Å². The highest BCUT2D eigenvalue weighted by Gasteiger charge is 2.15. The summed E-state index contributed by atoms with van der Waals surface area (Å²) in [5.74, 6) is -0.336. The van der Waals surface area contributed by atoms with E-state index >= 15 is 0 Å². The van der Waals surface area contributed by atoms with Crippen LogP contribution in [0.3, 0.4) is 0 Å². The SMILES string of the molecule is O=C(N/C=C/c1ccccc1F)NC(c1ccccc1)c1ccccc1. The van der Waals surface area contributed by atoms with Crippen molar-refractivity contribution in [3.8, 4) is 0 Å². The lowest BCUT2D eigenvalue weighted by molar-refractivity contribution is 0.242. The Balaban J connectivity index is 1.71. The van der Waals surface area contributed by atoms with E-state index in [4.69, 9.17) is 0 Å². The van der Waals surface area contributed by atoms with Crippen molar-refractivity contribution in [3.63, 3.8) is 0 Å². The van der Waals surface area contributed by atoms with E-state index in [1.807, 2.05) is 60.7 Å². The van der Waals surface area contributed by atoms with Crippen LogP contribution < -0.4 is 10.6 Å². The molecule has 26 heavy (non-hydrogen) atoms. The third kappa shape index (κ3) is 4.57. The fraction of sp³-hybridized carbons (Fsp3) is 0.0455. The summed E-state index contributed by atoms with van der Waals surface area (Å²) in [6.45, 7) is 0. The van der Waals surface area contributed by atoms with E-state index in [-0.39, 0.29) is 17.9 Å². The normalized spacial score (nSPS) is 10.8. The van der Waals surface area contributed by atoms with Gasteiger partial charge in [0.1, 0.15) is 5.82 Å². The minimum absolute atomic E-state index is 0.278. The Labute approximate surface area is 152 Å². The molecular formula is C22H19FN2O. The number of carbonyl (C=O) groups is 1. The molecule has 0 aliphatic rings. The van der Waals surface area contributed by atoms with Crippen LogP contribution in [-0.2, 0) is 0 Å². The average Bonchev–Trinajstić information content (AvgIpc) is 2.69. The van der Waals surface area contributed by atoms with Gasteiger partial charge in [0.2, 0.25) is 0 Å². The van der Waals surface area contributed by atoms with Gasteiger partial charge in [0.25, 0.3) is 0 Å². The molecule has 0 aliphatic heterocycles. The first kappa shape index (κ1) is 17.4. The molecule has 0 unspecified atom stereocenters. The number of amides is 2. The van der Waals surface area contributed by atoms with Crippen molar-refractivity contribution in [2.45, 2.75) is 6.04 Å². The van der Waals surface area contributed by atoms with Gasteiger partial charge in [0.05, 0.1) is 6.04 Å². The van der Waals surface area contributed by atoms with Crippen molar-refractivity contribution in [3.05, 3.63) is 114 Å². The maximum atomic E-state index is 13.6. The summed E-state index contributed by atoms with van der Waals surface area (Å²) >= 11 is 0. The van der Waals surface area contributed by atoms with Crippen LogP contribution in [0.15, 0.2) is 91.1 Å². The molecule has 0 saturated heterocycles. The molecule has 0 aromatic heterocycles. The van der Waals surface area contributed by atoms with E-state index in [0.29, 0.717) is 5.56 Å². The smallest absolute Gasteiger partial charge is 0.319 e. The first-order valence-electron chi connectivity index (χ1n) is 8.32. The Morgan fingerprint density at radius 3 is 1.92 bits per heavy atom. The van der Waals surface area contributed by atoms with Gasteiger partial charge in [-0.2, -0.15) is 0 Å². The van der Waals surface area contributed by atoms with Gasteiger partial charge in [-0.25, -0.2) is 9.18 Å². The van der Waals surface area contributed by atoms with Crippen LogP contribution in [0.25, 0.3) is 6.08 Å². The number of hydrogen-bond donors (Lipinski definition) is 2. The molecule has 0 radical (unpaired) electrons. The molecule has 0 spiro atoms. The Hall–Kier alpha value is -3.40. The number of carbonyl (C=O) groups excluding carboxylic acids is 1. The van der Waals surface area contributed by atoms with Crippen LogP contribution in [0, 0.1) is 5.82 Å². The van der Waals surface area contributed by atoms with Crippen molar-refractivity contribution in [2.75, 3.05) is 0 Å². The fourth-order valence-electron chi connectivity index (χ4n) is 2.64. The predicted octanol–water partition coefficient (Wildman–Crippen LogP) is 4.89. The molecule has 3 aromatic rings. The number of benzene rings is 3. The van der Waals surface area contributed by atoms with Crippen LogP contribution in [0.4, 0.5) is 9.18 Å². The monoisotopic (exact) mass is 346 g/mol. The molecule has 2 amide bonds. The van der Waals surface area contributed by atoms with Gasteiger partial charge < -0.3 is 10.6 Å². The van der Waals surface area contributed by atoms with Gasteiger partial charge in [-0.15, -0.1) is 0 Å². The fourth-order valence-corrected chi connectivity index (χ4v) is 2.64. The molecule has 2 N–H and O–H groups in total. The standard InChI is InChI=1S/C22H19FN2O/c23-20-14-8-7-9-17(20)15-16-24-22(26)25-21(18-10-3-1-4-11-18)19-12-5-2-6-13-19/h1-16,21H,(H2,24,25,26)/b16-15+. The summed E-state index contributed by atoms with van der Waals surface area (Å²) in [6.07, 6.45) is 2.95. The molecule has 0 heterocycles. The van der Waals surface area contributed by atoms with Gasteiger partial charge in [-0.1, -0.05) is 78.9 Å². The maximum absolute atomic E-state index is 13.6. The highest BCUT2D eigenvalue weighted by molar-refractivity contribution is 5.77. The summed E-state index contributed by atoms with van der Waals surface area (Å²) < 4.78 is 13.6. The Morgan fingerprint density at radius 2 is 1.35 bits per heavy atom. The Bertz CT molecular complexity index is 839. The molecule has 0 atom stereocenters. The first-order chi connectivity index (χ1) is 12.7. The van der Waals surface area contributed by atoms with Crippen LogP contribution in [0.5, 0.6) is 0 Å². The quantitative estimate of drug-likeness (QED) is 0.679. The van der Waals surface area contributed by atoms with Gasteiger partial charge in [-0.05, 0) is 23.3 Å². The van der Waals surface area contributed by atoms with Gasteiger partial charge in [-0.3, -0.25) is 0 Å². The van der Waals surface area contributed by atoms with Crippen molar-refractivity contribution >= 4 is 12.1 Å². The van der Waals surface area contributed by atoms with Crippen LogP contribution >= 0.6 is 0 Å². The summed E-state index contributed by atoms with van der Waals surface area (Å²) in [5, 5.41) is 5.59. The minimum atomic E-state index is -0.365. The molecule has 130 valence electrons. The van der Waals surface area contributed by atoms with Crippen molar-refractivity contribution < 1.29 is 9.18 Å². The van der Waals surface area contributed by atoms with Crippen LogP contribution in [0.2, 0.25) is 0 Å². The number of halogens is 1. The third-order valence-electron chi connectivity index (χ3n) is 3.92. The number of urea groups is 1. The molecule has 0 saturated carbocycles. The van der Waals surface area contributed by atoms with E-state index in [9.17, 15) is 9.18 Å². The zero-order chi connectivity index (χ0) is 18.2. The molecule has 0 bridgehead atoms. The summed E-state index contributed by atoms with van der Waals surface area (Å²) in [5.41, 5.74) is 2.37. The summed E-state index contributed by atoms with van der Waals surface area (Å²) in [4.78, 5) is 12.3. The molecule has 0 fully saturated rings. The first-order valence-corrected chi connectivity index (χ1v) is 8.32. The highest BCUT2D eigenvalue weighted by atomic mass is 19.1. The lowest BCUT2D eigenvalue weighted by atomic mass is 9.99. The molecular weight excluding hydrogens is 327 g/mol. The van der Waals surface area contributed by atoms with Crippen molar-refractivity contribution in [1.82, 2.24) is 10.6 Å². The number of nitrogens with one attached hydrogen (secondary N) is 2. The largest absolute Gasteiger partial charge is 0.327 e. The predicted molar refractivity (Wildman–Crippen MR) is 102 cm³/mol. The lowest BCUT2D eigenvalue weighted by Gasteiger charge is -2.19. The zero-order valence-electron chi connectivity index (χ0n) is 14.1. The highest BCUT2D eigenvalue weighted by Crippen LogP contribution is 2.21. The number of rotatable bonds is 5. The molecule has 4 heteroatoms. The minimum Gasteiger partial charge on any atom is -0.327 e. The van der Waals surface area contributed by atoms with Crippen LogP contribution in [-0.4, -0.2) is 6.03 Å². The summed E-state index contributed by atoms with van der Waals surface area (Å²) in [6, 6.07) is 25.2. The molecule has 3 aromatic carbocycles. The Kier molecular flexibility index (Phi) is 5.78. The second kappa shape index (κ2) is 8.62. The Morgan fingerprint density at radius 1 is 0.808 bits per heavy atom. The van der Waals surface area contributed by atoms with Crippen molar-refractivity contribution in [2.24, 2.45) is 0 Å². The van der Waals surface area contributed by atoms with E-state index < -0.39 is 0 Å². The van der Waals surface area contributed by atoms with E-state index in [1.54, 1.807) is 18.2 Å². The molecule has 0 aliphatic carbocycles. The van der Waals surface area contributed by atoms with E-state index in [0.717, 1.165) is 11.1 Å². The second-order valence-corrected chi connectivity index (χ2v) is 5.73. The van der Waals surface area contributed by atoms with E-state index in [1.165, 1.54) is 18.3 Å². The lowest BCUT2D eigenvalue weighted by Crippen LogP contribution is -2.35. The second-order valence-electron chi connectivity index (χ2n) is 5.73. The molecule has 3 nitrogen and oxygen atoms in total. The summed E-state index contributed by atoms with van der Waals surface area (Å²) in [7, 11) is 0. The molecule has 3 rings (SSSR count). The van der Waals surface area contributed by atoms with Gasteiger partial charge in [0.15, 0.2) is 0 Å². The van der Waals surface area contributed by atoms with Crippen LogP contribution in [0.1, 0.15) is 22.7 Å². The van der Waals surface area contributed by atoms with Gasteiger partial charge in [0, 0.05) is 11.8 Å². The van der Waals surface area contributed by atoms with E-state index in [2.05, 4.69) is 10.6 Å². The topological polar surface area (TPSA) is 41.1 Å². The zero-order valence-corrected chi connectivity index (χ0v) is 14.1. The average molecular weight is 346 g/mol. The number of hydrogen-bond acceptors (Lipinski definition) is 1. The maximum Gasteiger partial charge on any atom is 0.319 e.